The fourth-order valence-corrected chi connectivity index (χ4v) is 3.27. The number of ether oxygens (including phenoxy) is 2. The molecule has 32 heavy (non-hydrogen) atoms. The number of hydrogen-bond acceptors (Lipinski definition) is 7. The van der Waals surface area contributed by atoms with Gasteiger partial charge in [0.25, 0.3) is 5.91 Å². The molecule has 0 aliphatic carbocycles. The summed E-state index contributed by atoms with van der Waals surface area (Å²) >= 11 is 0. The van der Waals surface area contributed by atoms with Gasteiger partial charge in [0.2, 0.25) is 0 Å². The standard InChI is InChI=1S/C23H27NO7S/c1-5-29-21(23(26)30-6-2)15-17-7-11-19(12-8-17)24-22(25)16(3)18-9-13-20(14-10-18)31-32(4,27)28/h7-14,21H,3,5-6,15H2,1-2,4H3,(H,24,25). The highest BCUT2D eigenvalue weighted by molar-refractivity contribution is 7.86. The van der Waals surface area contributed by atoms with E-state index in [4.69, 9.17) is 13.7 Å². The Hall–Kier alpha value is -3.17. The van der Waals surface area contributed by atoms with Crippen LogP contribution in [-0.4, -0.2) is 45.9 Å². The minimum absolute atomic E-state index is 0.147. The summed E-state index contributed by atoms with van der Waals surface area (Å²) in [6.07, 6.45) is 0.622. The number of anilines is 1. The number of hydrogen-bond donors (Lipinski definition) is 1. The second kappa shape index (κ2) is 11.4. The zero-order chi connectivity index (χ0) is 23.7. The zero-order valence-corrected chi connectivity index (χ0v) is 19.1. The minimum atomic E-state index is -3.63. The van der Waals surface area contributed by atoms with Gasteiger partial charge in [0.1, 0.15) is 5.75 Å². The van der Waals surface area contributed by atoms with Crippen molar-refractivity contribution in [3.05, 3.63) is 66.2 Å². The summed E-state index contributed by atoms with van der Waals surface area (Å²) in [6, 6.07) is 13.0. The van der Waals surface area contributed by atoms with E-state index in [-0.39, 0.29) is 17.9 Å². The Morgan fingerprint density at radius 1 is 1.00 bits per heavy atom. The number of carbonyl (C=O) groups excluding carboxylic acids is 2. The third-order valence-electron chi connectivity index (χ3n) is 4.27. The summed E-state index contributed by atoms with van der Waals surface area (Å²) in [7, 11) is -3.63. The van der Waals surface area contributed by atoms with Crippen molar-refractivity contribution in [3.63, 3.8) is 0 Å². The molecule has 0 saturated carbocycles. The maximum atomic E-state index is 12.5. The SMILES string of the molecule is C=C(C(=O)Nc1ccc(CC(OCC)C(=O)OCC)cc1)c1ccc(OS(C)(=O)=O)cc1. The third kappa shape index (κ3) is 7.82. The van der Waals surface area contributed by atoms with E-state index in [1.165, 1.54) is 12.1 Å². The molecule has 0 bridgehead atoms. The van der Waals surface area contributed by atoms with Crippen molar-refractivity contribution < 1.29 is 31.7 Å². The molecule has 0 aliphatic rings. The van der Waals surface area contributed by atoms with Crippen molar-refractivity contribution in [2.24, 2.45) is 0 Å². The lowest BCUT2D eigenvalue weighted by molar-refractivity contribution is -0.156. The monoisotopic (exact) mass is 461 g/mol. The second-order valence-corrected chi connectivity index (χ2v) is 8.42. The van der Waals surface area contributed by atoms with E-state index in [1.54, 1.807) is 43.3 Å². The first kappa shape index (κ1) is 25.1. The van der Waals surface area contributed by atoms with Crippen molar-refractivity contribution in [3.8, 4) is 5.75 Å². The Kier molecular flexibility index (Phi) is 8.98. The second-order valence-electron chi connectivity index (χ2n) is 6.84. The molecule has 1 unspecified atom stereocenters. The van der Waals surface area contributed by atoms with Gasteiger partial charge in [0.05, 0.1) is 12.9 Å². The van der Waals surface area contributed by atoms with Crippen LogP contribution in [-0.2, 0) is 35.6 Å². The Morgan fingerprint density at radius 2 is 1.62 bits per heavy atom. The zero-order valence-electron chi connectivity index (χ0n) is 18.3. The van der Waals surface area contributed by atoms with E-state index in [0.29, 0.717) is 24.3 Å². The van der Waals surface area contributed by atoms with E-state index in [0.717, 1.165) is 11.8 Å². The van der Waals surface area contributed by atoms with Crippen LogP contribution < -0.4 is 9.50 Å². The van der Waals surface area contributed by atoms with Gasteiger partial charge in [-0.2, -0.15) is 8.42 Å². The van der Waals surface area contributed by atoms with Crippen molar-refractivity contribution in [2.75, 3.05) is 24.8 Å². The highest BCUT2D eigenvalue weighted by Crippen LogP contribution is 2.21. The molecule has 0 fully saturated rings. The fourth-order valence-electron chi connectivity index (χ4n) is 2.81. The number of benzene rings is 2. The van der Waals surface area contributed by atoms with Crippen molar-refractivity contribution in [1.82, 2.24) is 0 Å². The van der Waals surface area contributed by atoms with Crippen molar-refractivity contribution >= 4 is 33.3 Å². The summed E-state index contributed by atoms with van der Waals surface area (Å²) in [5, 5.41) is 2.75. The van der Waals surface area contributed by atoms with Crippen LogP contribution in [0.4, 0.5) is 5.69 Å². The van der Waals surface area contributed by atoms with Crippen molar-refractivity contribution in [2.45, 2.75) is 26.4 Å². The molecular formula is C23H27NO7S. The summed E-state index contributed by atoms with van der Waals surface area (Å²) in [4.78, 5) is 24.5. The minimum Gasteiger partial charge on any atom is -0.464 e. The van der Waals surface area contributed by atoms with Gasteiger partial charge in [0.15, 0.2) is 6.10 Å². The van der Waals surface area contributed by atoms with E-state index in [1.807, 2.05) is 6.92 Å². The van der Waals surface area contributed by atoms with Crippen LogP contribution >= 0.6 is 0 Å². The quantitative estimate of drug-likeness (QED) is 0.311. The Morgan fingerprint density at radius 3 is 2.16 bits per heavy atom. The molecule has 2 aromatic carbocycles. The third-order valence-corrected chi connectivity index (χ3v) is 4.77. The number of amides is 1. The van der Waals surface area contributed by atoms with Gasteiger partial charge in [-0.3, -0.25) is 4.79 Å². The molecule has 0 aromatic heterocycles. The molecule has 2 rings (SSSR count). The average Bonchev–Trinajstić information content (AvgIpc) is 2.74. The average molecular weight is 462 g/mol. The Labute approximate surface area is 188 Å². The van der Waals surface area contributed by atoms with Gasteiger partial charge < -0.3 is 19.0 Å². The first-order valence-corrected chi connectivity index (χ1v) is 11.8. The molecule has 172 valence electrons. The van der Waals surface area contributed by atoms with E-state index in [9.17, 15) is 18.0 Å². The maximum absolute atomic E-state index is 12.5. The number of carbonyl (C=O) groups is 2. The van der Waals surface area contributed by atoms with Gasteiger partial charge in [0, 0.05) is 24.3 Å². The van der Waals surface area contributed by atoms with Crippen LogP contribution in [0.5, 0.6) is 5.75 Å². The predicted molar refractivity (Wildman–Crippen MR) is 122 cm³/mol. The van der Waals surface area contributed by atoms with Crippen molar-refractivity contribution in [1.29, 1.82) is 0 Å². The lowest BCUT2D eigenvalue weighted by Crippen LogP contribution is -2.29. The lowest BCUT2D eigenvalue weighted by atomic mass is 10.1. The van der Waals surface area contributed by atoms with Gasteiger partial charge >= 0.3 is 16.1 Å². The number of esters is 1. The molecule has 1 N–H and O–H groups in total. The van der Waals surface area contributed by atoms with Crippen LogP contribution in [0.2, 0.25) is 0 Å². The summed E-state index contributed by atoms with van der Waals surface area (Å²) in [5.41, 5.74) is 2.14. The molecule has 0 aliphatic heterocycles. The fraction of sp³-hybridized carbons (Fsp3) is 0.304. The van der Waals surface area contributed by atoms with E-state index < -0.39 is 28.1 Å². The lowest BCUT2D eigenvalue weighted by Gasteiger charge is -2.16. The van der Waals surface area contributed by atoms with Crippen LogP contribution in [0, 0.1) is 0 Å². The molecule has 0 saturated heterocycles. The topological polar surface area (TPSA) is 108 Å². The highest BCUT2D eigenvalue weighted by atomic mass is 32.2. The molecule has 0 radical (unpaired) electrons. The van der Waals surface area contributed by atoms with E-state index in [2.05, 4.69) is 11.9 Å². The molecule has 2 aromatic rings. The Balaban J connectivity index is 1.99. The molecule has 1 amide bonds. The van der Waals surface area contributed by atoms with Gasteiger partial charge in [-0.1, -0.05) is 30.8 Å². The number of nitrogens with one attached hydrogen (secondary N) is 1. The molecule has 0 spiro atoms. The van der Waals surface area contributed by atoms with Gasteiger partial charge in [-0.15, -0.1) is 0 Å². The molecule has 1 atom stereocenters. The van der Waals surface area contributed by atoms with Gasteiger partial charge in [-0.25, -0.2) is 4.79 Å². The smallest absolute Gasteiger partial charge is 0.335 e. The van der Waals surface area contributed by atoms with Crippen LogP contribution in [0.1, 0.15) is 25.0 Å². The predicted octanol–water partition coefficient (Wildman–Crippen LogP) is 3.19. The molecule has 8 nitrogen and oxygen atoms in total. The Bertz CT molecular complexity index is 1040. The highest BCUT2D eigenvalue weighted by Gasteiger charge is 2.20. The van der Waals surface area contributed by atoms with E-state index >= 15 is 0 Å². The van der Waals surface area contributed by atoms with Crippen LogP contribution in [0.3, 0.4) is 0 Å². The maximum Gasteiger partial charge on any atom is 0.335 e. The molecular weight excluding hydrogens is 434 g/mol. The number of rotatable bonds is 11. The first-order chi connectivity index (χ1) is 15.1. The van der Waals surface area contributed by atoms with Crippen LogP contribution in [0.15, 0.2) is 55.1 Å². The summed E-state index contributed by atoms with van der Waals surface area (Å²) in [6.45, 7) is 8.02. The van der Waals surface area contributed by atoms with Gasteiger partial charge in [-0.05, 0) is 49.2 Å². The normalized spacial score (nSPS) is 12.0. The largest absolute Gasteiger partial charge is 0.464 e. The summed E-state index contributed by atoms with van der Waals surface area (Å²) in [5.74, 6) is -0.669. The first-order valence-electron chi connectivity index (χ1n) is 10.00. The van der Waals surface area contributed by atoms with Crippen LogP contribution in [0.25, 0.3) is 5.57 Å². The molecule has 0 heterocycles. The summed E-state index contributed by atoms with van der Waals surface area (Å²) < 4.78 is 37.6. The molecule has 9 heteroatoms.